The van der Waals surface area contributed by atoms with E-state index < -0.39 is 12.5 Å². The van der Waals surface area contributed by atoms with Crippen molar-refractivity contribution in [1.29, 1.82) is 0 Å². The molecule has 0 saturated carbocycles. The molecule has 6 nitrogen and oxygen atoms in total. The topological polar surface area (TPSA) is 69.7 Å². The van der Waals surface area contributed by atoms with Crippen molar-refractivity contribution in [2.45, 2.75) is 13.2 Å². The van der Waals surface area contributed by atoms with Crippen LogP contribution in [-0.2, 0) is 11.4 Å². The molecule has 0 aliphatic rings. The Morgan fingerprint density at radius 3 is 2.58 bits per heavy atom. The van der Waals surface area contributed by atoms with Gasteiger partial charge in [-0.15, -0.1) is 0 Å². The zero-order chi connectivity index (χ0) is 22.1. The van der Waals surface area contributed by atoms with Crippen molar-refractivity contribution in [3.63, 3.8) is 0 Å². The number of para-hydroxylation sites is 1. The number of anilines is 1. The predicted octanol–water partition coefficient (Wildman–Crippen LogP) is 4.92. The first kappa shape index (κ1) is 21.8. The van der Waals surface area contributed by atoms with Crippen LogP contribution in [0.3, 0.4) is 0 Å². The van der Waals surface area contributed by atoms with Gasteiger partial charge in [0.25, 0.3) is 0 Å². The van der Waals surface area contributed by atoms with Gasteiger partial charge in [0.1, 0.15) is 12.4 Å². The zero-order valence-corrected chi connectivity index (χ0v) is 16.6. The van der Waals surface area contributed by atoms with Gasteiger partial charge in [0.05, 0.1) is 7.11 Å². The first-order valence-corrected chi connectivity index (χ1v) is 9.28. The number of ether oxygens (including phenoxy) is 3. The van der Waals surface area contributed by atoms with E-state index in [1.54, 1.807) is 48.8 Å². The lowest BCUT2D eigenvalue weighted by atomic mass is 10.2. The Kier molecular flexibility index (Phi) is 7.53. The van der Waals surface area contributed by atoms with Crippen LogP contribution in [0.25, 0.3) is 6.08 Å². The Bertz CT molecular complexity index is 1040. The molecular formula is C23H20F2N2O4. The summed E-state index contributed by atoms with van der Waals surface area (Å²) in [4.78, 5) is 16.3. The summed E-state index contributed by atoms with van der Waals surface area (Å²) in [5, 5.41) is 2.70. The molecule has 1 aromatic heterocycles. The summed E-state index contributed by atoms with van der Waals surface area (Å²) in [5.74, 6) is 0.507. The van der Waals surface area contributed by atoms with Gasteiger partial charge in [0, 0.05) is 35.8 Å². The summed E-state index contributed by atoms with van der Waals surface area (Å²) in [6.07, 6.45) is 5.97. The number of carbonyl (C=O) groups is 1. The van der Waals surface area contributed by atoms with Gasteiger partial charge in [-0.05, 0) is 42.0 Å². The highest BCUT2D eigenvalue weighted by Gasteiger charge is 2.09. The lowest BCUT2D eigenvalue weighted by molar-refractivity contribution is -0.111. The molecule has 0 spiro atoms. The summed E-state index contributed by atoms with van der Waals surface area (Å²) in [6.45, 7) is -2.65. The standard InChI is InChI=1S/C23H20F2N2O4/c1-29-20-8-7-18(14-21(20)30-15-16-10-12-26-13-11-16)27-22(28)9-6-17-4-2-3-5-19(17)31-23(24)25/h2-14,23H,15H2,1H3,(H,27,28). The van der Waals surface area contributed by atoms with Crippen LogP contribution in [0, 0.1) is 0 Å². The Hall–Kier alpha value is -3.94. The van der Waals surface area contributed by atoms with Gasteiger partial charge in [-0.2, -0.15) is 8.78 Å². The molecule has 160 valence electrons. The molecule has 0 bridgehead atoms. The minimum atomic E-state index is -2.95. The van der Waals surface area contributed by atoms with E-state index in [9.17, 15) is 13.6 Å². The zero-order valence-electron chi connectivity index (χ0n) is 16.6. The molecule has 0 radical (unpaired) electrons. The van der Waals surface area contributed by atoms with E-state index in [2.05, 4.69) is 15.0 Å². The molecule has 0 fully saturated rings. The highest BCUT2D eigenvalue weighted by Crippen LogP contribution is 2.31. The summed E-state index contributed by atoms with van der Waals surface area (Å²) in [5.41, 5.74) is 1.77. The van der Waals surface area contributed by atoms with Crippen LogP contribution in [0.15, 0.2) is 73.1 Å². The van der Waals surface area contributed by atoms with Crippen LogP contribution in [0.2, 0.25) is 0 Å². The van der Waals surface area contributed by atoms with Gasteiger partial charge >= 0.3 is 6.61 Å². The Morgan fingerprint density at radius 1 is 1.06 bits per heavy atom. The number of carbonyl (C=O) groups excluding carboxylic acids is 1. The van der Waals surface area contributed by atoms with Crippen LogP contribution in [0.1, 0.15) is 11.1 Å². The first-order chi connectivity index (χ1) is 15.0. The number of hydrogen-bond donors (Lipinski definition) is 1. The van der Waals surface area contributed by atoms with E-state index in [1.165, 1.54) is 25.3 Å². The van der Waals surface area contributed by atoms with E-state index in [4.69, 9.17) is 9.47 Å². The van der Waals surface area contributed by atoms with Gasteiger partial charge in [0.15, 0.2) is 11.5 Å². The fourth-order valence-electron chi connectivity index (χ4n) is 2.68. The molecular weight excluding hydrogens is 406 g/mol. The number of methoxy groups -OCH3 is 1. The number of hydrogen-bond acceptors (Lipinski definition) is 5. The number of halogens is 2. The second kappa shape index (κ2) is 10.7. The molecule has 3 rings (SSSR count). The molecule has 0 saturated heterocycles. The smallest absolute Gasteiger partial charge is 0.387 e. The number of rotatable bonds is 9. The molecule has 0 aliphatic heterocycles. The van der Waals surface area contributed by atoms with Crippen molar-refractivity contribution in [3.05, 3.63) is 84.2 Å². The maximum Gasteiger partial charge on any atom is 0.387 e. The summed E-state index contributed by atoms with van der Waals surface area (Å²) in [6, 6.07) is 14.8. The Labute approximate surface area is 178 Å². The average Bonchev–Trinajstić information content (AvgIpc) is 2.77. The fourth-order valence-corrected chi connectivity index (χ4v) is 2.68. The lowest BCUT2D eigenvalue weighted by Crippen LogP contribution is -2.08. The number of nitrogens with one attached hydrogen (secondary N) is 1. The highest BCUT2D eigenvalue weighted by molar-refractivity contribution is 6.02. The van der Waals surface area contributed by atoms with E-state index in [0.717, 1.165) is 5.56 Å². The molecule has 1 heterocycles. The lowest BCUT2D eigenvalue weighted by Gasteiger charge is -2.12. The fraction of sp³-hybridized carbons (Fsp3) is 0.130. The largest absolute Gasteiger partial charge is 0.493 e. The highest BCUT2D eigenvalue weighted by atomic mass is 19.3. The summed E-state index contributed by atoms with van der Waals surface area (Å²) >= 11 is 0. The summed E-state index contributed by atoms with van der Waals surface area (Å²) < 4.78 is 40.6. The monoisotopic (exact) mass is 426 g/mol. The Morgan fingerprint density at radius 2 is 1.84 bits per heavy atom. The van der Waals surface area contributed by atoms with Crippen molar-refractivity contribution >= 4 is 17.7 Å². The molecule has 1 amide bonds. The van der Waals surface area contributed by atoms with Gasteiger partial charge in [0.2, 0.25) is 5.91 Å². The van der Waals surface area contributed by atoms with Crippen LogP contribution in [-0.4, -0.2) is 24.6 Å². The van der Waals surface area contributed by atoms with Gasteiger partial charge in [-0.3, -0.25) is 9.78 Å². The van der Waals surface area contributed by atoms with Crippen LogP contribution < -0.4 is 19.5 Å². The number of amides is 1. The third-order valence-electron chi connectivity index (χ3n) is 4.12. The van der Waals surface area contributed by atoms with E-state index in [0.29, 0.717) is 29.4 Å². The summed E-state index contributed by atoms with van der Waals surface area (Å²) in [7, 11) is 1.52. The van der Waals surface area contributed by atoms with Crippen molar-refractivity contribution in [1.82, 2.24) is 4.98 Å². The number of alkyl halides is 2. The van der Waals surface area contributed by atoms with E-state index in [-0.39, 0.29) is 5.75 Å². The van der Waals surface area contributed by atoms with Crippen molar-refractivity contribution in [2.75, 3.05) is 12.4 Å². The second-order valence-electron chi connectivity index (χ2n) is 6.25. The molecule has 0 atom stereocenters. The molecule has 2 aromatic carbocycles. The number of nitrogens with zero attached hydrogens (tertiary/aromatic N) is 1. The van der Waals surface area contributed by atoms with Crippen molar-refractivity contribution < 1.29 is 27.8 Å². The van der Waals surface area contributed by atoms with Gasteiger partial charge in [-0.1, -0.05) is 18.2 Å². The molecule has 31 heavy (non-hydrogen) atoms. The predicted molar refractivity (Wildman–Crippen MR) is 112 cm³/mol. The average molecular weight is 426 g/mol. The molecule has 3 aromatic rings. The second-order valence-corrected chi connectivity index (χ2v) is 6.25. The minimum Gasteiger partial charge on any atom is -0.493 e. The maximum atomic E-state index is 12.5. The van der Waals surface area contributed by atoms with E-state index in [1.807, 2.05) is 12.1 Å². The minimum absolute atomic E-state index is 0.0159. The molecule has 8 heteroatoms. The van der Waals surface area contributed by atoms with Crippen LogP contribution >= 0.6 is 0 Å². The normalized spacial score (nSPS) is 10.8. The van der Waals surface area contributed by atoms with E-state index >= 15 is 0 Å². The van der Waals surface area contributed by atoms with Gasteiger partial charge in [-0.25, -0.2) is 0 Å². The van der Waals surface area contributed by atoms with Crippen LogP contribution in [0.5, 0.6) is 17.2 Å². The van der Waals surface area contributed by atoms with Crippen LogP contribution in [0.4, 0.5) is 14.5 Å². The first-order valence-electron chi connectivity index (χ1n) is 9.28. The molecule has 1 N–H and O–H groups in total. The maximum absolute atomic E-state index is 12.5. The quantitative estimate of drug-likeness (QED) is 0.492. The number of benzene rings is 2. The molecule has 0 aliphatic carbocycles. The third kappa shape index (κ3) is 6.53. The Balaban J connectivity index is 1.68. The molecule has 0 unspecified atom stereocenters. The third-order valence-corrected chi connectivity index (χ3v) is 4.12. The SMILES string of the molecule is COc1ccc(NC(=O)C=Cc2ccccc2OC(F)F)cc1OCc1ccncc1. The number of aromatic nitrogens is 1. The number of pyridine rings is 1. The van der Waals surface area contributed by atoms with Gasteiger partial charge < -0.3 is 19.5 Å². The van der Waals surface area contributed by atoms with Crippen molar-refractivity contribution in [2.24, 2.45) is 0 Å². The van der Waals surface area contributed by atoms with Crippen molar-refractivity contribution in [3.8, 4) is 17.2 Å².